The van der Waals surface area contributed by atoms with Gasteiger partial charge in [0.1, 0.15) is 0 Å². The summed E-state index contributed by atoms with van der Waals surface area (Å²) in [7, 11) is 0. The van der Waals surface area contributed by atoms with Crippen molar-refractivity contribution in [3.05, 3.63) is 17.7 Å². The lowest BCUT2D eigenvalue weighted by atomic mass is 10.3. The highest BCUT2D eigenvalue weighted by atomic mass is 35.5. The van der Waals surface area contributed by atoms with Gasteiger partial charge in [0.2, 0.25) is 0 Å². The van der Waals surface area contributed by atoms with E-state index in [0.29, 0.717) is 12.3 Å². The quantitative estimate of drug-likeness (QED) is 0.629. The Balaban J connectivity index is 0.00000144. The van der Waals surface area contributed by atoms with Crippen LogP contribution >= 0.6 is 24.0 Å². The summed E-state index contributed by atoms with van der Waals surface area (Å²) in [5.41, 5.74) is 0.863. The number of rotatable bonds is 3. The van der Waals surface area contributed by atoms with Gasteiger partial charge in [0.25, 0.3) is 0 Å². The Morgan fingerprint density at radius 3 is 3.00 bits per heavy atom. The molecular formula is C7H10Cl2N2O2. The van der Waals surface area contributed by atoms with Gasteiger partial charge in [-0.05, 0) is 6.92 Å². The van der Waals surface area contributed by atoms with Crippen molar-refractivity contribution < 1.29 is 9.53 Å². The van der Waals surface area contributed by atoms with Crippen LogP contribution in [0.4, 0.5) is 0 Å². The molecule has 0 saturated heterocycles. The first-order chi connectivity index (χ1) is 5.79. The molecule has 0 atom stereocenters. The third kappa shape index (κ3) is 2.90. The van der Waals surface area contributed by atoms with Crippen molar-refractivity contribution in [2.45, 2.75) is 12.8 Å². The largest absolute Gasteiger partial charge is 0.461 e. The number of imidazole rings is 1. The van der Waals surface area contributed by atoms with E-state index in [1.807, 2.05) is 0 Å². The molecular weight excluding hydrogens is 215 g/mol. The van der Waals surface area contributed by atoms with Gasteiger partial charge in [0.05, 0.1) is 24.5 Å². The summed E-state index contributed by atoms with van der Waals surface area (Å²) in [6.07, 6.45) is 1.42. The fourth-order valence-corrected chi connectivity index (χ4v) is 1.00. The molecule has 1 aromatic heterocycles. The molecule has 13 heavy (non-hydrogen) atoms. The van der Waals surface area contributed by atoms with Crippen molar-refractivity contribution in [1.82, 2.24) is 9.97 Å². The Morgan fingerprint density at radius 1 is 1.77 bits per heavy atom. The molecule has 0 fully saturated rings. The maximum Gasteiger partial charge on any atom is 0.358 e. The van der Waals surface area contributed by atoms with Gasteiger partial charge in [0, 0.05) is 0 Å². The molecule has 1 heterocycles. The van der Waals surface area contributed by atoms with Gasteiger partial charge in [-0.1, -0.05) is 0 Å². The van der Waals surface area contributed by atoms with Gasteiger partial charge >= 0.3 is 5.97 Å². The highest BCUT2D eigenvalue weighted by molar-refractivity contribution is 6.17. The van der Waals surface area contributed by atoms with Crippen molar-refractivity contribution in [2.75, 3.05) is 6.61 Å². The molecule has 0 radical (unpaired) electrons. The zero-order valence-electron chi connectivity index (χ0n) is 7.04. The Bertz CT molecular complexity index is 275. The van der Waals surface area contributed by atoms with E-state index >= 15 is 0 Å². The number of carbonyl (C=O) groups excluding carboxylic acids is 1. The Hall–Kier alpha value is -0.740. The maximum atomic E-state index is 11.1. The van der Waals surface area contributed by atoms with Gasteiger partial charge in [-0.15, -0.1) is 24.0 Å². The molecule has 0 aliphatic heterocycles. The van der Waals surface area contributed by atoms with Crippen LogP contribution in [0, 0.1) is 0 Å². The molecule has 0 amide bonds. The van der Waals surface area contributed by atoms with Crippen LogP contribution in [0.2, 0.25) is 0 Å². The standard InChI is InChI=1S/C7H9ClN2O2.ClH/c1-2-12-7(11)6-5(3-8)9-4-10-6;/h4H,2-3H2,1H3,(H,9,10);1H. The summed E-state index contributed by atoms with van der Waals surface area (Å²) in [6, 6.07) is 0. The van der Waals surface area contributed by atoms with E-state index in [4.69, 9.17) is 16.3 Å². The van der Waals surface area contributed by atoms with E-state index in [2.05, 4.69) is 9.97 Å². The van der Waals surface area contributed by atoms with E-state index < -0.39 is 5.97 Å². The van der Waals surface area contributed by atoms with Crippen LogP contribution in [0.5, 0.6) is 0 Å². The van der Waals surface area contributed by atoms with E-state index in [9.17, 15) is 4.79 Å². The van der Waals surface area contributed by atoms with E-state index in [1.54, 1.807) is 6.92 Å². The van der Waals surface area contributed by atoms with Crippen molar-refractivity contribution >= 4 is 30.0 Å². The van der Waals surface area contributed by atoms with Crippen LogP contribution in [0.25, 0.3) is 0 Å². The van der Waals surface area contributed by atoms with Crippen LogP contribution in [0.15, 0.2) is 6.33 Å². The minimum atomic E-state index is -0.436. The number of nitrogens with zero attached hydrogens (tertiary/aromatic N) is 1. The summed E-state index contributed by atoms with van der Waals surface area (Å²) < 4.78 is 4.75. The highest BCUT2D eigenvalue weighted by Crippen LogP contribution is 2.07. The number of H-pyrrole nitrogens is 1. The third-order valence-electron chi connectivity index (χ3n) is 1.32. The second-order valence-electron chi connectivity index (χ2n) is 2.08. The zero-order chi connectivity index (χ0) is 8.97. The van der Waals surface area contributed by atoms with E-state index in [-0.39, 0.29) is 24.0 Å². The fourth-order valence-electron chi connectivity index (χ4n) is 0.798. The average Bonchev–Trinajstić information content (AvgIpc) is 2.51. The molecule has 0 bridgehead atoms. The predicted octanol–water partition coefficient (Wildman–Crippen LogP) is 1.75. The van der Waals surface area contributed by atoms with Gasteiger partial charge in [-0.3, -0.25) is 0 Å². The monoisotopic (exact) mass is 224 g/mol. The smallest absolute Gasteiger partial charge is 0.358 e. The number of carbonyl (C=O) groups is 1. The predicted molar refractivity (Wildman–Crippen MR) is 51.3 cm³/mol. The number of hydrogen-bond acceptors (Lipinski definition) is 3. The zero-order valence-corrected chi connectivity index (χ0v) is 8.61. The number of halogens is 2. The van der Waals surface area contributed by atoms with Crippen LogP contribution in [-0.4, -0.2) is 22.5 Å². The van der Waals surface area contributed by atoms with Crippen molar-refractivity contribution in [3.63, 3.8) is 0 Å². The first-order valence-electron chi connectivity index (χ1n) is 3.55. The van der Waals surface area contributed by atoms with Crippen molar-refractivity contribution in [3.8, 4) is 0 Å². The van der Waals surface area contributed by atoms with Crippen molar-refractivity contribution in [1.29, 1.82) is 0 Å². The lowest BCUT2D eigenvalue weighted by Crippen LogP contribution is -2.07. The molecule has 1 N–H and O–H groups in total. The summed E-state index contributed by atoms with van der Waals surface area (Å²) in [4.78, 5) is 17.7. The number of alkyl halides is 1. The second-order valence-corrected chi connectivity index (χ2v) is 2.35. The van der Waals surface area contributed by atoms with E-state index in [0.717, 1.165) is 0 Å². The molecule has 6 heteroatoms. The number of ether oxygens (including phenoxy) is 1. The number of aromatic amines is 1. The van der Waals surface area contributed by atoms with Gasteiger partial charge < -0.3 is 9.72 Å². The second kappa shape index (κ2) is 5.83. The normalized spacial score (nSPS) is 9.08. The molecule has 0 unspecified atom stereocenters. The fraction of sp³-hybridized carbons (Fsp3) is 0.429. The minimum absolute atomic E-state index is 0. The number of hydrogen-bond donors (Lipinski definition) is 1. The lowest BCUT2D eigenvalue weighted by molar-refractivity contribution is 0.0519. The molecule has 0 spiro atoms. The summed E-state index contributed by atoms with van der Waals surface area (Å²) in [6.45, 7) is 2.08. The molecule has 1 rings (SSSR count). The number of esters is 1. The molecule has 0 aliphatic carbocycles. The summed E-state index contributed by atoms with van der Waals surface area (Å²) in [5.74, 6) is -0.205. The van der Waals surface area contributed by atoms with Gasteiger partial charge in [-0.2, -0.15) is 0 Å². The van der Waals surface area contributed by atoms with Crippen LogP contribution in [0.3, 0.4) is 0 Å². The highest BCUT2D eigenvalue weighted by Gasteiger charge is 2.13. The molecule has 4 nitrogen and oxygen atoms in total. The topological polar surface area (TPSA) is 55.0 Å². The van der Waals surface area contributed by atoms with Crippen molar-refractivity contribution in [2.24, 2.45) is 0 Å². The third-order valence-corrected chi connectivity index (χ3v) is 1.59. The van der Waals surface area contributed by atoms with Gasteiger partial charge in [0.15, 0.2) is 5.69 Å². The lowest BCUT2D eigenvalue weighted by Gasteiger charge is -1.98. The maximum absolute atomic E-state index is 11.1. The first-order valence-corrected chi connectivity index (χ1v) is 4.08. The first kappa shape index (κ1) is 12.3. The Labute approximate surface area is 87.1 Å². The molecule has 0 aromatic carbocycles. The molecule has 0 saturated carbocycles. The number of nitrogens with one attached hydrogen (secondary N) is 1. The Morgan fingerprint density at radius 2 is 2.46 bits per heavy atom. The minimum Gasteiger partial charge on any atom is -0.461 e. The van der Waals surface area contributed by atoms with Crippen LogP contribution in [0.1, 0.15) is 23.1 Å². The summed E-state index contributed by atoms with van der Waals surface area (Å²) >= 11 is 5.54. The number of aromatic nitrogens is 2. The van der Waals surface area contributed by atoms with Crippen LogP contribution in [-0.2, 0) is 10.6 Å². The summed E-state index contributed by atoms with van der Waals surface area (Å²) in [5, 5.41) is 0. The average molecular weight is 225 g/mol. The Kier molecular flexibility index (Phi) is 5.50. The van der Waals surface area contributed by atoms with Gasteiger partial charge in [-0.25, -0.2) is 9.78 Å². The molecule has 1 aromatic rings. The molecule has 74 valence electrons. The SMILES string of the molecule is CCOC(=O)c1nc[nH]c1CCl.Cl. The molecule has 0 aliphatic rings. The van der Waals surface area contributed by atoms with E-state index in [1.165, 1.54) is 6.33 Å². The van der Waals surface area contributed by atoms with Crippen LogP contribution < -0.4 is 0 Å².